The Morgan fingerprint density at radius 2 is 1.96 bits per heavy atom. The molecule has 1 aliphatic heterocycles. The van der Waals surface area contributed by atoms with E-state index in [4.69, 9.17) is 5.73 Å². The Hall–Kier alpha value is -2.67. The highest BCUT2D eigenvalue weighted by Crippen LogP contribution is 2.15. The molecule has 0 bridgehead atoms. The normalized spacial score (nSPS) is 18.0. The molecule has 1 saturated heterocycles. The predicted molar refractivity (Wildman–Crippen MR) is 97.9 cm³/mol. The first-order valence-electron chi connectivity index (χ1n) is 8.86. The Morgan fingerprint density at radius 1 is 1.19 bits per heavy atom. The van der Waals surface area contributed by atoms with Crippen LogP contribution in [-0.4, -0.2) is 57.1 Å². The summed E-state index contributed by atoms with van der Waals surface area (Å²) in [5.74, 6) is -0.332. The van der Waals surface area contributed by atoms with E-state index in [-0.39, 0.29) is 11.8 Å². The van der Waals surface area contributed by atoms with Crippen molar-refractivity contribution in [3.05, 3.63) is 53.9 Å². The molecule has 1 aliphatic rings. The molecule has 1 aromatic heterocycles. The van der Waals surface area contributed by atoms with Crippen molar-refractivity contribution in [3.8, 4) is 0 Å². The monoisotopic (exact) mass is 355 g/mol. The first-order valence-corrected chi connectivity index (χ1v) is 8.86. The lowest BCUT2D eigenvalue weighted by Gasteiger charge is -2.40. The van der Waals surface area contributed by atoms with Crippen LogP contribution in [-0.2, 0) is 29.6 Å². The van der Waals surface area contributed by atoms with Crippen LogP contribution in [0.3, 0.4) is 0 Å². The van der Waals surface area contributed by atoms with Crippen molar-refractivity contribution in [2.75, 3.05) is 19.6 Å². The number of carbonyl (C=O) groups is 2. The Balaban J connectivity index is 1.59. The van der Waals surface area contributed by atoms with Crippen molar-refractivity contribution in [2.24, 2.45) is 12.8 Å². The Kier molecular flexibility index (Phi) is 5.68. The van der Waals surface area contributed by atoms with Gasteiger partial charge >= 0.3 is 0 Å². The van der Waals surface area contributed by atoms with Gasteiger partial charge in [0.25, 0.3) is 0 Å². The quantitative estimate of drug-likeness (QED) is 0.820. The summed E-state index contributed by atoms with van der Waals surface area (Å²) in [6, 6.07) is 11.4. The summed E-state index contributed by atoms with van der Waals surface area (Å²) in [4.78, 5) is 28.3. The molecule has 138 valence electrons. The number of primary amides is 1. The third kappa shape index (κ3) is 4.29. The van der Waals surface area contributed by atoms with Crippen molar-refractivity contribution in [1.29, 1.82) is 0 Å². The molecule has 1 unspecified atom stereocenters. The van der Waals surface area contributed by atoms with Crippen molar-refractivity contribution in [2.45, 2.75) is 25.4 Å². The largest absolute Gasteiger partial charge is 0.368 e. The molecule has 2 amide bonds. The second kappa shape index (κ2) is 8.14. The van der Waals surface area contributed by atoms with Gasteiger partial charge in [-0.05, 0) is 18.1 Å². The third-order valence-corrected chi connectivity index (χ3v) is 4.92. The number of piperazine rings is 1. The van der Waals surface area contributed by atoms with E-state index in [1.807, 2.05) is 43.4 Å². The average Bonchev–Trinajstić information content (AvgIpc) is 3.05. The van der Waals surface area contributed by atoms with E-state index in [1.165, 1.54) is 0 Å². The fourth-order valence-electron chi connectivity index (χ4n) is 3.36. The molecule has 0 radical (unpaired) electrons. The third-order valence-electron chi connectivity index (χ3n) is 4.92. The number of carbonyl (C=O) groups excluding carboxylic acids is 2. The SMILES string of the molecule is Cn1nccc1CCC(=O)N1CCN(Cc2ccccc2)C(C(N)=O)C1. The maximum absolute atomic E-state index is 12.6. The first-order chi connectivity index (χ1) is 12.5. The summed E-state index contributed by atoms with van der Waals surface area (Å²) in [6.45, 7) is 2.26. The standard InChI is InChI=1S/C19H25N5O2/c1-22-16(9-10-21-22)7-8-18(25)24-12-11-23(17(14-24)19(20)26)13-15-5-3-2-4-6-15/h2-6,9-10,17H,7-8,11-14H2,1H3,(H2,20,26). The van der Waals surface area contributed by atoms with Crippen LogP contribution < -0.4 is 5.73 Å². The fraction of sp³-hybridized carbons (Fsp3) is 0.421. The fourth-order valence-corrected chi connectivity index (χ4v) is 3.36. The lowest BCUT2D eigenvalue weighted by molar-refractivity contribution is -0.137. The first kappa shape index (κ1) is 18.1. The molecule has 0 saturated carbocycles. The van der Waals surface area contributed by atoms with E-state index >= 15 is 0 Å². The number of rotatable bonds is 6. The second-order valence-corrected chi connectivity index (χ2v) is 6.66. The average molecular weight is 355 g/mol. The summed E-state index contributed by atoms with van der Waals surface area (Å²) < 4.78 is 1.78. The van der Waals surface area contributed by atoms with Crippen LogP contribution in [0, 0.1) is 0 Å². The van der Waals surface area contributed by atoms with Gasteiger partial charge in [0.2, 0.25) is 11.8 Å². The minimum absolute atomic E-state index is 0.0526. The maximum atomic E-state index is 12.6. The molecule has 2 heterocycles. The minimum Gasteiger partial charge on any atom is -0.368 e. The van der Waals surface area contributed by atoms with Crippen molar-refractivity contribution in [3.63, 3.8) is 0 Å². The van der Waals surface area contributed by atoms with Crippen LogP contribution in [0.1, 0.15) is 17.7 Å². The molecular formula is C19H25N5O2. The van der Waals surface area contributed by atoms with Crippen LogP contribution in [0.2, 0.25) is 0 Å². The lowest BCUT2D eigenvalue weighted by atomic mass is 10.1. The van der Waals surface area contributed by atoms with E-state index in [2.05, 4.69) is 10.00 Å². The molecule has 2 N–H and O–H groups in total. The molecule has 1 atom stereocenters. The van der Waals surface area contributed by atoms with Gasteiger partial charge in [-0.2, -0.15) is 5.10 Å². The number of aryl methyl sites for hydroxylation is 2. The van der Waals surface area contributed by atoms with Crippen LogP contribution in [0.15, 0.2) is 42.6 Å². The van der Waals surface area contributed by atoms with Crippen LogP contribution >= 0.6 is 0 Å². The molecule has 1 aromatic carbocycles. The molecule has 26 heavy (non-hydrogen) atoms. The predicted octanol–water partition coefficient (Wildman–Crippen LogP) is 0.551. The van der Waals surface area contributed by atoms with Crippen molar-refractivity contribution in [1.82, 2.24) is 19.6 Å². The van der Waals surface area contributed by atoms with Crippen LogP contribution in [0.5, 0.6) is 0 Å². The zero-order valence-electron chi connectivity index (χ0n) is 15.0. The molecular weight excluding hydrogens is 330 g/mol. The maximum Gasteiger partial charge on any atom is 0.236 e. The Bertz CT molecular complexity index is 758. The summed E-state index contributed by atoms with van der Waals surface area (Å²) in [5, 5.41) is 4.12. The minimum atomic E-state index is -0.454. The van der Waals surface area contributed by atoms with Gasteiger partial charge in [0.05, 0.1) is 0 Å². The number of nitrogens with zero attached hydrogens (tertiary/aromatic N) is 4. The topological polar surface area (TPSA) is 84.5 Å². The second-order valence-electron chi connectivity index (χ2n) is 6.66. The zero-order chi connectivity index (χ0) is 18.5. The summed E-state index contributed by atoms with van der Waals surface area (Å²) in [6.07, 6.45) is 2.77. The van der Waals surface area contributed by atoms with Gasteiger partial charge in [-0.1, -0.05) is 30.3 Å². The number of hydrogen-bond acceptors (Lipinski definition) is 4. The van der Waals surface area contributed by atoms with E-state index in [0.717, 1.165) is 11.3 Å². The number of nitrogens with two attached hydrogens (primary N) is 1. The van der Waals surface area contributed by atoms with Gasteiger partial charge in [0, 0.05) is 51.5 Å². The van der Waals surface area contributed by atoms with Crippen molar-refractivity contribution < 1.29 is 9.59 Å². The van der Waals surface area contributed by atoms with Crippen LogP contribution in [0.4, 0.5) is 0 Å². The van der Waals surface area contributed by atoms with E-state index in [9.17, 15) is 9.59 Å². The van der Waals surface area contributed by atoms with E-state index < -0.39 is 6.04 Å². The smallest absolute Gasteiger partial charge is 0.236 e. The number of amides is 2. The summed E-state index contributed by atoms with van der Waals surface area (Å²) in [7, 11) is 1.87. The molecule has 1 fully saturated rings. The molecule has 7 nitrogen and oxygen atoms in total. The summed E-state index contributed by atoms with van der Waals surface area (Å²) in [5.41, 5.74) is 7.77. The highest BCUT2D eigenvalue weighted by Gasteiger charge is 2.32. The highest BCUT2D eigenvalue weighted by molar-refractivity contribution is 5.82. The molecule has 2 aromatic rings. The zero-order valence-corrected chi connectivity index (χ0v) is 15.0. The van der Waals surface area contributed by atoms with E-state index in [1.54, 1.807) is 15.8 Å². The van der Waals surface area contributed by atoms with Crippen molar-refractivity contribution >= 4 is 11.8 Å². The molecule has 0 spiro atoms. The van der Waals surface area contributed by atoms with Gasteiger partial charge in [-0.3, -0.25) is 19.2 Å². The van der Waals surface area contributed by atoms with Gasteiger partial charge < -0.3 is 10.6 Å². The van der Waals surface area contributed by atoms with Gasteiger partial charge in [0.1, 0.15) is 6.04 Å². The van der Waals surface area contributed by atoms with Gasteiger partial charge in [0.15, 0.2) is 0 Å². The van der Waals surface area contributed by atoms with E-state index in [0.29, 0.717) is 39.0 Å². The highest BCUT2D eigenvalue weighted by atomic mass is 16.2. The number of benzene rings is 1. The molecule has 0 aliphatic carbocycles. The van der Waals surface area contributed by atoms with Crippen LogP contribution in [0.25, 0.3) is 0 Å². The molecule has 3 rings (SSSR count). The Labute approximate surface area is 153 Å². The Morgan fingerprint density at radius 3 is 2.62 bits per heavy atom. The lowest BCUT2D eigenvalue weighted by Crippen LogP contribution is -2.58. The van der Waals surface area contributed by atoms with Gasteiger partial charge in [-0.25, -0.2) is 0 Å². The molecule has 7 heteroatoms. The summed E-state index contributed by atoms with van der Waals surface area (Å²) >= 11 is 0. The number of hydrogen-bond donors (Lipinski definition) is 1. The van der Waals surface area contributed by atoms with Gasteiger partial charge in [-0.15, -0.1) is 0 Å². The number of aromatic nitrogens is 2.